The van der Waals surface area contributed by atoms with Gasteiger partial charge in [0, 0.05) is 6.20 Å². The van der Waals surface area contributed by atoms with E-state index in [4.69, 9.17) is 11.6 Å². The Morgan fingerprint density at radius 3 is 2.60 bits per heavy atom. The Balaban J connectivity index is 2.44. The molecule has 1 aromatic heterocycles. The normalized spacial score (nSPS) is 11.3. The van der Waals surface area contributed by atoms with Crippen molar-refractivity contribution >= 4 is 27.3 Å². The number of pyridine rings is 1. The van der Waals surface area contributed by atoms with E-state index in [0.717, 1.165) is 0 Å². The number of phenols is 1. The van der Waals surface area contributed by atoms with Gasteiger partial charge in [-0.2, -0.15) is 0 Å². The van der Waals surface area contributed by atoms with Crippen LogP contribution in [0, 0.1) is 13.8 Å². The highest BCUT2D eigenvalue weighted by molar-refractivity contribution is 7.92. The van der Waals surface area contributed by atoms with Gasteiger partial charge in [0.15, 0.2) is 0 Å². The van der Waals surface area contributed by atoms with Crippen LogP contribution in [0.2, 0.25) is 5.15 Å². The SMILES string of the molecule is Cc1cc(NS(=O)(=O)c2cccnc2Cl)c(C)cc1O. The number of hydrogen-bond acceptors (Lipinski definition) is 4. The molecule has 7 heteroatoms. The highest BCUT2D eigenvalue weighted by Crippen LogP contribution is 2.28. The number of anilines is 1. The molecule has 5 nitrogen and oxygen atoms in total. The van der Waals surface area contributed by atoms with Crippen molar-refractivity contribution in [2.75, 3.05) is 4.72 Å². The van der Waals surface area contributed by atoms with Crippen molar-refractivity contribution in [3.05, 3.63) is 46.7 Å². The number of halogens is 1. The van der Waals surface area contributed by atoms with Crippen molar-refractivity contribution in [3.8, 4) is 5.75 Å². The fourth-order valence-corrected chi connectivity index (χ4v) is 3.26. The van der Waals surface area contributed by atoms with Gasteiger partial charge in [0.2, 0.25) is 0 Å². The average molecular weight is 313 g/mol. The molecule has 0 amide bonds. The summed E-state index contributed by atoms with van der Waals surface area (Å²) < 4.78 is 27.0. The molecule has 20 heavy (non-hydrogen) atoms. The number of aromatic hydroxyl groups is 1. The topological polar surface area (TPSA) is 79.3 Å². The van der Waals surface area contributed by atoms with Gasteiger partial charge in [0.1, 0.15) is 15.8 Å². The molecule has 0 fully saturated rings. The Morgan fingerprint density at radius 1 is 1.25 bits per heavy atom. The molecular formula is C13H13ClN2O3S. The number of sulfonamides is 1. The summed E-state index contributed by atoms with van der Waals surface area (Å²) >= 11 is 5.80. The molecule has 0 atom stereocenters. The van der Waals surface area contributed by atoms with Gasteiger partial charge in [0.05, 0.1) is 5.69 Å². The number of aromatic nitrogens is 1. The van der Waals surface area contributed by atoms with Crippen LogP contribution in [0.1, 0.15) is 11.1 Å². The van der Waals surface area contributed by atoms with E-state index in [1.807, 2.05) is 0 Å². The lowest BCUT2D eigenvalue weighted by Gasteiger charge is -2.12. The molecule has 0 unspecified atom stereocenters. The smallest absolute Gasteiger partial charge is 0.264 e. The average Bonchev–Trinajstić information content (AvgIpc) is 2.36. The van der Waals surface area contributed by atoms with Crippen LogP contribution in [0.3, 0.4) is 0 Å². The van der Waals surface area contributed by atoms with Crippen molar-refractivity contribution in [2.24, 2.45) is 0 Å². The van der Waals surface area contributed by atoms with Crippen LogP contribution >= 0.6 is 11.6 Å². The third kappa shape index (κ3) is 2.86. The van der Waals surface area contributed by atoms with E-state index in [1.165, 1.54) is 24.4 Å². The standard InChI is InChI=1S/C13H13ClN2O3S/c1-8-7-11(17)9(2)6-10(8)16-20(18,19)12-4-3-5-15-13(12)14/h3-7,16-17H,1-2H3. The van der Waals surface area contributed by atoms with Gasteiger partial charge in [-0.25, -0.2) is 13.4 Å². The van der Waals surface area contributed by atoms with Crippen LogP contribution in [-0.2, 0) is 10.0 Å². The Hall–Kier alpha value is -1.79. The summed E-state index contributed by atoms with van der Waals surface area (Å²) in [5.41, 5.74) is 1.57. The summed E-state index contributed by atoms with van der Waals surface area (Å²) in [6.45, 7) is 3.38. The number of phenolic OH excluding ortho intramolecular Hbond substituents is 1. The predicted molar refractivity (Wildman–Crippen MR) is 77.6 cm³/mol. The molecule has 0 radical (unpaired) electrons. The first kappa shape index (κ1) is 14.6. The van der Waals surface area contributed by atoms with Crippen LogP contribution in [0.5, 0.6) is 5.75 Å². The monoisotopic (exact) mass is 312 g/mol. The molecule has 0 saturated heterocycles. The molecule has 106 valence electrons. The Kier molecular flexibility index (Phi) is 3.87. The van der Waals surface area contributed by atoms with Crippen molar-refractivity contribution in [1.82, 2.24) is 4.98 Å². The fraction of sp³-hybridized carbons (Fsp3) is 0.154. The molecule has 2 N–H and O–H groups in total. The van der Waals surface area contributed by atoms with Gasteiger partial charge >= 0.3 is 0 Å². The van der Waals surface area contributed by atoms with Crippen molar-refractivity contribution < 1.29 is 13.5 Å². The summed E-state index contributed by atoms with van der Waals surface area (Å²) in [5, 5.41) is 9.49. The van der Waals surface area contributed by atoms with Crippen LogP contribution in [0.25, 0.3) is 0 Å². The van der Waals surface area contributed by atoms with Gasteiger partial charge in [-0.3, -0.25) is 4.72 Å². The zero-order valence-electron chi connectivity index (χ0n) is 10.9. The van der Waals surface area contributed by atoms with Crippen LogP contribution in [0.15, 0.2) is 35.4 Å². The van der Waals surface area contributed by atoms with Crippen molar-refractivity contribution in [2.45, 2.75) is 18.7 Å². The fourth-order valence-electron chi connectivity index (χ4n) is 1.68. The van der Waals surface area contributed by atoms with Crippen molar-refractivity contribution in [1.29, 1.82) is 0 Å². The number of hydrogen-bond donors (Lipinski definition) is 2. The minimum absolute atomic E-state index is 0.0897. The second-order valence-electron chi connectivity index (χ2n) is 4.35. The van der Waals surface area contributed by atoms with Gasteiger partial charge in [0.25, 0.3) is 10.0 Å². The van der Waals surface area contributed by atoms with E-state index >= 15 is 0 Å². The lowest BCUT2D eigenvalue weighted by atomic mass is 10.1. The molecule has 0 bridgehead atoms. The summed E-state index contributed by atoms with van der Waals surface area (Å²) in [7, 11) is -3.82. The first-order chi connectivity index (χ1) is 9.31. The molecule has 1 aromatic carbocycles. The maximum absolute atomic E-state index is 12.3. The molecule has 2 aromatic rings. The van der Waals surface area contributed by atoms with Gasteiger partial charge in [-0.15, -0.1) is 0 Å². The number of benzene rings is 1. The van der Waals surface area contributed by atoms with Crippen LogP contribution in [-0.4, -0.2) is 18.5 Å². The second kappa shape index (κ2) is 5.30. The quantitative estimate of drug-likeness (QED) is 0.674. The minimum atomic E-state index is -3.82. The zero-order valence-corrected chi connectivity index (χ0v) is 12.5. The highest BCUT2D eigenvalue weighted by atomic mass is 35.5. The van der Waals surface area contributed by atoms with Crippen LogP contribution in [0.4, 0.5) is 5.69 Å². The molecule has 1 heterocycles. The Labute approximate surface area is 122 Å². The molecule has 0 aliphatic carbocycles. The maximum Gasteiger partial charge on any atom is 0.264 e. The summed E-state index contributed by atoms with van der Waals surface area (Å²) in [6, 6.07) is 5.93. The van der Waals surface area contributed by atoms with Gasteiger partial charge in [-0.1, -0.05) is 11.6 Å². The lowest BCUT2D eigenvalue weighted by Crippen LogP contribution is -2.14. The molecular weight excluding hydrogens is 300 g/mol. The second-order valence-corrected chi connectivity index (χ2v) is 6.36. The molecule has 0 saturated carbocycles. The molecule has 0 aliphatic rings. The molecule has 2 rings (SSSR count). The van der Waals surface area contributed by atoms with E-state index in [-0.39, 0.29) is 15.8 Å². The Bertz CT molecular complexity index is 760. The number of nitrogens with one attached hydrogen (secondary N) is 1. The van der Waals surface area contributed by atoms with E-state index in [9.17, 15) is 13.5 Å². The van der Waals surface area contributed by atoms with E-state index in [1.54, 1.807) is 19.9 Å². The number of aryl methyl sites for hydroxylation is 2. The zero-order chi connectivity index (χ0) is 14.9. The molecule has 0 spiro atoms. The largest absolute Gasteiger partial charge is 0.508 e. The highest BCUT2D eigenvalue weighted by Gasteiger charge is 2.19. The van der Waals surface area contributed by atoms with Crippen LogP contribution < -0.4 is 4.72 Å². The number of rotatable bonds is 3. The number of nitrogens with zero attached hydrogens (tertiary/aromatic N) is 1. The van der Waals surface area contributed by atoms with E-state index < -0.39 is 10.0 Å². The predicted octanol–water partition coefficient (Wildman–Crippen LogP) is 2.86. The van der Waals surface area contributed by atoms with E-state index in [2.05, 4.69) is 9.71 Å². The first-order valence-electron chi connectivity index (χ1n) is 5.75. The Morgan fingerprint density at radius 2 is 1.95 bits per heavy atom. The lowest BCUT2D eigenvalue weighted by molar-refractivity contribution is 0.471. The summed E-state index contributed by atoms with van der Waals surface area (Å²) in [4.78, 5) is 3.66. The first-order valence-corrected chi connectivity index (χ1v) is 7.61. The van der Waals surface area contributed by atoms with Gasteiger partial charge < -0.3 is 5.11 Å². The van der Waals surface area contributed by atoms with Gasteiger partial charge in [-0.05, 0) is 49.2 Å². The van der Waals surface area contributed by atoms with Crippen molar-refractivity contribution in [3.63, 3.8) is 0 Å². The molecule has 0 aliphatic heterocycles. The summed E-state index contributed by atoms with van der Waals surface area (Å²) in [6.07, 6.45) is 1.41. The maximum atomic E-state index is 12.3. The summed E-state index contributed by atoms with van der Waals surface area (Å²) in [5.74, 6) is 0.116. The van der Waals surface area contributed by atoms with E-state index in [0.29, 0.717) is 16.8 Å². The minimum Gasteiger partial charge on any atom is -0.508 e. The third-order valence-corrected chi connectivity index (χ3v) is 4.61. The third-order valence-electron chi connectivity index (χ3n) is 2.80.